The molecule has 148 valence electrons. The molecule has 0 aliphatic carbocycles. The van der Waals surface area contributed by atoms with E-state index in [1.807, 2.05) is 6.07 Å². The van der Waals surface area contributed by atoms with Crippen molar-refractivity contribution in [1.29, 1.82) is 0 Å². The molecule has 6 heteroatoms. The maximum Gasteiger partial charge on any atom is 0.255 e. The van der Waals surface area contributed by atoms with Crippen molar-refractivity contribution in [2.75, 3.05) is 19.6 Å². The van der Waals surface area contributed by atoms with Crippen LogP contribution in [0.15, 0.2) is 48.5 Å². The summed E-state index contributed by atoms with van der Waals surface area (Å²) in [4.78, 5) is 27.4. The Labute approximate surface area is 169 Å². The molecular weight excluding hydrogens is 379 g/mol. The van der Waals surface area contributed by atoms with Crippen molar-refractivity contribution in [3.05, 3.63) is 70.5 Å². The van der Waals surface area contributed by atoms with Crippen LogP contribution in [0.3, 0.4) is 0 Å². The van der Waals surface area contributed by atoms with Crippen molar-refractivity contribution in [3.8, 4) is 0 Å². The summed E-state index contributed by atoms with van der Waals surface area (Å²) in [6.07, 6.45) is 1.88. The van der Waals surface area contributed by atoms with Gasteiger partial charge in [0.15, 0.2) is 0 Å². The number of amides is 2. The molecule has 2 aromatic carbocycles. The first-order valence-electron chi connectivity index (χ1n) is 9.58. The van der Waals surface area contributed by atoms with Crippen molar-refractivity contribution >= 4 is 23.4 Å². The van der Waals surface area contributed by atoms with Crippen LogP contribution < -0.4 is 5.32 Å². The Kier molecular flexibility index (Phi) is 6.68. The molecule has 4 nitrogen and oxygen atoms in total. The Morgan fingerprint density at radius 1 is 1.18 bits per heavy atom. The van der Waals surface area contributed by atoms with Gasteiger partial charge in [-0.15, -0.1) is 0 Å². The van der Waals surface area contributed by atoms with Crippen molar-refractivity contribution in [3.63, 3.8) is 0 Å². The van der Waals surface area contributed by atoms with E-state index in [0.717, 1.165) is 18.4 Å². The van der Waals surface area contributed by atoms with Gasteiger partial charge in [-0.2, -0.15) is 0 Å². The van der Waals surface area contributed by atoms with E-state index >= 15 is 0 Å². The number of hydrogen-bond donors (Lipinski definition) is 1. The zero-order valence-corrected chi connectivity index (χ0v) is 16.6. The Morgan fingerprint density at radius 2 is 1.96 bits per heavy atom. The lowest BCUT2D eigenvalue weighted by atomic mass is 9.88. The van der Waals surface area contributed by atoms with E-state index in [-0.39, 0.29) is 30.1 Å². The van der Waals surface area contributed by atoms with Crippen LogP contribution in [0.2, 0.25) is 5.02 Å². The number of unbranched alkanes of at least 4 members (excludes halogenated alkanes) is 1. The lowest BCUT2D eigenvalue weighted by Crippen LogP contribution is -2.36. The topological polar surface area (TPSA) is 49.4 Å². The molecule has 1 N–H and O–H groups in total. The molecule has 1 aliphatic heterocycles. The number of likely N-dealkylation sites (tertiary alicyclic amines) is 1. The number of carbonyl (C=O) groups excluding carboxylic acids is 2. The van der Waals surface area contributed by atoms with Crippen LogP contribution in [0, 0.1) is 11.7 Å². The van der Waals surface area contributed by atoms with Crippen LogP contribution in [-0.2, 0) is 4.79 Å². The van der Waals surface area contributed by atoms with Gasteiger partial charge in [0, 0.05) is 25.6 Å². The van der Waals surface area contributed by atoms with E-state index in [2.05, 4.69) is 12.2 Å². The molecule has 2 atom stereocenters. The van der Waals surface area contributed by atoms with Crippen LogP contribution in [0.1, 0.15) is 41.6 Å². The third-order valence-electron chi connectivity index (χ3n) is 5.15. The quantitative estimate of drug-likeness (QED) is 0.734. The van der Waals surface area contributed by atoms with Crippen LogP contribution in [0.25, 0.3) is 0 Å². The highest BCUT2D eigenvalue weighted by Crippen LogP contribution is 2.34. The fourth-order valence-corrected chi connectivity index (χ4v) is 3.85. The molecule has 2 unspecified atom stereocenters. The average Bonchev–Trinajstić information content (AvgIpc) is 3.13. The molecule has 3 rings (SSSR count). The zero-order valence-electron chi connectivity index (χ0n) is 15.8. The van der Waals surface area contributed by atoms with E-state index in [4.69, 9.17) is 11.6 Å². The van der Waals surface area contributed by atoms with Crippen molar-refractivity contribution in [1.82, 2.24) is 10.2 Å². The van der Waals surface area contributed by atoms with E-state index in [9.17, 15) is 14.0 Å². The Bertz CT molecular complexity index is 858. The zero-order chi connectivity index (χ0) is 20.1. The second-order valence-electron chi connectivity index (χ2n) is 7.10. The van der Waals surface area contributed by atoms with Gasteiger partial charge in [-0.05, 0) is 36.2 Å². The SMILES string of the molecule is CCCCNC(=O)C1CN(C(=O)c2ccccc2Cl)CC1c1cccc(F)c1. The third kappa shape index (κ3) is 4.53. The van der Waals surface area contributed by atoms with Gasteiger partial charge in [-0.1, -0.05) is 49.2 Å². The standard InChI is InChI=1S/C22H24ClFN2O2/c1-2-3-11-25-21(27)19-14-26(22(28)17-9-4-5-10-20(17)23)13-18(19)15-7-6-8-16(24)12-15/h4-10,12,18-19H,2-3,11,13-14H2,1H3,(H,25,27). The molecule has 1 aliphatic rings. The van der Waals surface area contributed by atoms with E-state index < -0.39 is 5.92 Å². The minimum Gasteiger partial charge on any atom is -0.356 e. The summed E-state index contributed by atoms with van der Waals surface area (Å²) in [5.41, 5.74) is 1.14. The van der Waals surface area contributed by atoms with Gasteiger partial charge >= 0.3 is 0 Å². The minimum atomic E-state index is -0.426. The highest BCUT2D eigenvalue weighted by molar-refractivity contribution is 6.33. The number of carbonyl (C=O) groups is 2. The largest absolute Gasteiger partial charge is 0.356 e. The third-order valence-corrected chi connectivity index (χ3v) is 5.48. The normalized spacial score (nSPS) is 18.9. The Morgan fingerprint density at radius 3 is 2.68 bits per heavy atom. The maximum atomic E-state index is 13.8. The van der Waals surface area contributed by atoms with Gasteiger partial charge in [0.2, 0.25) is 5.91 Å². The highest BCUT2D eigenvalue weighted by Gasteiger charge is 2.40. The molecule has 1 heterocycles. The molecular formula is C22H24ClFN2O2. The number of halogens is 2. The molecule has 0 bridgehead atoms. The summed E-state index contributed by atoms with van der Waals surface area (Å²) < 4.78 is 13.8. The molecule has 0 radical (unpaired) electrons. The summed E-state index contributed by atoms with van der Waals surface area (Å²) in [7, 11) is 0. The van der Waals surface area contributed by atoms with Crippen molar-refractivity contribution in [2.24, 2.45) is 5.92 Å². The highest BCUT2D eigenvalue weighted by atomic mass is 35.5. The van der Waals surface area contributed by atoms with Crippen molar-refractivity contribution < 1.29 is 14.0 Å². The van der Waals surface area contributed by atoms with Gasteiger partial charge in [-0.25, -0.2) is 4.39 Å². The first-order valence-corrected chi connectivity index (χ1v) is 9.96. The first kappa shape index (κ1) is 20.3. The van der Waals surface area contributed by atoms with Crippen LogP contribution in [0.5, 0.6) is 0 Å². The van der Waals surface area contributed by atoms with Crippen molar-refractivity contribution in [2.45, 2.75) is 25.7 Å². The molecule has 28 heavy (non-hydrogen) atoms. The predicted molar refractivity (Wildman–Crippen MR) is 108 cm³/mol. The molecule has 0 aromatic heterocycles. The smallest absolute Gasteiger partial charge is 0.255 e. The molecule has 2 amide bonds. The predicted octanol–water partition coefficient (Wildman–Crippen LogP) is 4.25. The number of benzene rings is 2. The van der Waals surface area contributed by atoms with Gasteiger partial charge in [-0.3, -0.25) is 9.59 Å². The monoisotopic (exact) mass is 402 g/mol. The Hall–Kier alpha value is -2.40. The van der Waals surface area contributed by atoms with Crippen LogP contribution in [0.4, 0.5) is 4.39 Å². The molecule has 1 fully saturated rings. The van der Waals surface area contributed by atoms with Gasteiger partial charge < -0.3 is 10.2 Å². The summed E-state index contributed by atoms with van der Waals surface area (Å²) in [5.74, 6) is -1.35. The molecule has 2 aromatic rings. The van der Waals surface area contributed by atoms with E-state index in [0.29, 0.717) is 23.7 Å². The summed E-state index contributed by atoms with van der Waals surface area (Å²) in [6, 6.07) is 13.1. The Balaban J connectivity index is 1.84. The number of rotatable bonds is 6. The minimum absolute atomic E-state index is 0.0998. The van der Waals surface area contributed by atoms with E-state index in [1.54, 1.807) is 35.2 Å². The van der Waals surface area contributed by atoms with E-state index in [1.165, 1.54) is 12.1 Å². The number of nitrogens with one attached hydrogen (secondary N) is 1. The van der Waals surface area contributed by atoms with Gasteiger partial charge in [0.1, 0.15) is 5.82 Å². The number of nitrogens with zero attached hydrogens (tertiary/aromatic N) is 1. The molecule has 1 saturated heterocycles. The fraction of sp³-hybridized carbons (Fsp3) is 0.364. The lowest BCUT2D eigenvalue weighted by Gasteiger charge is -2.18. The van der Waals surface area contributed by atoms with Gasteiger partial charge in [0.05, 0.1) is 16.5 Å². The second-order valence-corrected chi connectivity index (χ2v) is 7.51. The summed E-state index contributed by atoms with van der Waals surface area (Å²) in [6.45, 7) is 3.28. The molecule has 0 spiro atoms. The maximum absolute atomic E-state index is 13.8. The first-order chi connectivity index (χ1) is 13.5. The average molecular weight is 403 g/mol. The second kappa shape index (κ2) is 9.20. The number of hydrogen-bond acceptors (Lipinski definition) is 2. The molecule has 0 saturated carbocycles. The van der Waals surface area contributed by atoms with Gasteiger partial charge in [0.25, 0.3) is 5.91 Å². The summed E-state index contributed by atoms with van der Waals surface area (Å²) >= 11 is 6.18. The fourth-order valence-electron chi connectivity index (χ4n) is 3.63. The van der Waals surface area contributed by atoms with Crippen LogP contribution in [-0.4, -0.2) is 36.3 Å². The lowest BCUT2D eigenvalue weighted by molar-refractivity contribution is -0.124. The van der Waals surface area contributed by atoms with Crippen LogP contribution >= 0.6 is 11.6 Å². The summed E-state index contributed by atoms with van der Waals surface area (Å²) in [5, 5.41) is 3.33.